The summed E-state index contributed by atoms with van der Waals surface area (Å²) in [6, 6.07) is 0.759. The minimum absolute atomic E-state index is 0.129. The molecule has 0 saturated carbocycles. The Kier molecular flexibility index (Phi) is 4.99. The highest BCUT2D eigenvalue weighted by Gasteiger charge is 2.41. The number of carbonyl (C=O) groups is 1. The number of aryl methyl sites for hydroxylation is 1. The van der Waals surface area contributed by atoms with E-state index in [2.05, 4.69) is 0 Å². The van der Waals surface area contributed by atoms with Gasteiger partial charge in [0.1, 0.15) is 10.6 Å². The summed E-state index contributed by atoms with van der Waals surface area (Å²) < 4.78 is 75.1. The van der Waals surface area contributed by atoms with Crippen LogP contribution >= 0.6 is 0 Å². The molecule has 0 bridgehead atoms. The van der Waals surface area contributed by atoms with E-state index in [4.69, 9.17) is 5.11 Å². The summed E-state index contributed by atoms with van der Waals surface area (Å²) in [6.45, 7) is -0.113. The third kappa shape index (κ3) is 3.94. The van der Waals surface area contributed by atoms with Crippen molar-refractivity contribution >= 4 is 16.0 Å². The minimum Gasteiger partial charge on any atom is -0.477 e. The van der Waals surface area contributed by atoms with Crippen LogP contribution in [0.25, 0.3) is 0 Å². The molecule has 21 heavy (non-hydrogen) atoms. The van der Waals surface area contributed by atoms with E-state index in [1.54, 1.807) is 6.92 Å². The molecule has 11 heteroatoms. The molecular weight excluding hydrogens is 320 g/mol. The van der Waals surface area contributed by atoms with E-state index < -0.39 is 39.8 Å². The predicted molar refractivity (Wildman–Crippen MR) is 63.2 cm³/mol. The van der Waals surface area contributed by atoms with Gasteiger partial charge in [0.05, 0.1) is 6.54 Å². The summed E-state index contributed by atoms with van der Waals surface area (Å²) in [5.41, 5.74) is -0.363. The number of rotatable bonds is 7. The van der Waals surface area contributed by atoms with Gasteiger partial charge in [0, 0.05) is 12.7 Å². The maximum Gasteiger partial charge on any atom is 0.352 e. The first-order chi connectivity index (χ1) is 9.51. The van der Waals surface area contributed by atoms with Gasteiger partial charge in [0.15, 0.2) is 0 Å². The Morgan fingerprint density at radius 2 is 2.05 bits per heavy atom. The first kappa shape index (κ1) is 17.4. The zero-order valence-electron chi connectivity index (χ0n) is 10.7. The van der Waals surface area contributed by atoms with Crippen molar-refractivity contribution < 1.29 is 35.9 Å². The van der Waals surface area contributed by atoms with Crippen LogP contribution in [0, 0.1) is 0 Å². The molecule has 0 saturated heterocycles. The highest BCUT2D eigenvalue weighted by Crippen LogP contribution is 2.23. The van der Waals surface area contributed by atoms with E-state index in [9.17, 15) is 30.8 Å². The molecule has 0 spiro atoms. The largest absolute Gasteiger partial charge is 0.477 e. The fraction of sp³-hybridized carbons (Fsp3) is 0.500. The maximum atomic E-state index is 12.7. The summed E-state index contributed by atoms with van der Waals surface area (Å²) in [6.07, 6.45) is -3.10. The van der Waals surface area contributed by atoms with Gasteiger partial charge >= 0.3 is 18.3 Å². The zero-order valence-corrected chi connectivity index (χ0v) is 11.5. The topological polar surface area (TPSA) is 88.4 Å². The molecule has 0 aromatic carbocycles. The van der Waals surface area contributed by atoms with Crippen LogP contribution < -0.4 is 4.72 Å². The fourth-order valence-electron chi connectivity index (χ4n) is 1.42. The van der Waals surface area contributed by atoms with Crippen LogP contribution in [0.4, 0.5) is 17.6 Å². The summed E-state index contributed by atoms with van der Waals surface area (Å²) in [5.74, 6) is -5.92. The van der Waals surface area contributed by atoms with Gasteiger partial charge in [0.2, 0.25) is 10.0 Å². The van der Waals surface area contributed by atoms with Gasteiger partial charge in [-0.2, -0.15) is 8.78 Å². The Labute approximate surface area is 117 Å². The quantitative estimate of drug-likeness (QED) is 0.739. The lowest BCUT2D eigenvalue weighted by Crippen LogP contribution is -2.41. The van der Waals surface area contributed by atoms with Gasteiger partial charge < -0.3 is 9.67 Å². The van der Waals surface area contributed by atoms with E-state index in [1.807, 2.05) is 0 Å². The lowest BCUT2D eigenvalue weighted by Gasteiger charge is -2.15. The van der Waals surface area contributed by atoms with Crippen LogP contribution in [-0.4, -0.2) is 43.0 Å². The molecule has 0 unspecified atom stereocenters. The minimum atomic E-state index is -4.52. The number of nitrogens with zero attached hydrogens (tertiary/aromatic N) is 1. The number of nitrogens with one attached hydrogen (secondary N) is 1. The van der Waals surface area contributed by atoms with E-state index in [-0.39, 0.29) is 12.2 Å². The van der Waals surface area contributed by atoms with Crippen molar-refractivity contribution in [3.05, 3.63) is 18.0 Å². The van der Waals surface area contributed by atoms with Crippen molar-refractivity contribution in [3.63, 3.8) is 0 Å². The average molecular weight is 332 g/mol. The lowest BCUT2D eigenvalue weighted by atomic mass is 10.4. The van der Waals surface area contributed by atoms with Crippen molar-refractivity contribution in [1.82, 2.24) is 9.29 Å². The smallest absolute Gasteiger partial charge is 0.352 e. The van der Waals surface area contributed by atoms with Crippen LogP contribution in [0.2, 0.25) is 0 Å². The summed E-state index contributed by atoms with van der Waals surface area (Å²) in [4.78, 5) is 10.3. The Bertz CT molecular complexity index is 627. The maximum absolute atomic E-state index is 12.7. The number of carboxylic acids is 1. The summed E-state index contributed by atoms with van der Waals surface area (Å²) in [7, 11) is -4.52. The van der Waals surface area contributed by atoms with E-state index in [0.717, 1.165) is 16.8 Å². The Balaban J connectivity index is 3.01. The normalized spacial score (nSPS) is 12.9. The predicted octanol–water partition coefficient (Wildman–Crippen LogP) is 1.38. The molecule has 0 atom stereocenters. The number of aromatic nitrogens is 1. The van der Waals surface area contributed by atoms with Crippen LogP contribution in [0.1, 0.15) is 17.4 Å². The molecule has 1 aromatic rings. The van der Waals surface area contributed by atoms with E-state index in [1.165, 1.54) is 4.72 Å². The average Bonchev–Trinajstić information content (AvgIpc) is 2.81. The van der Waals surface area contributed by atoms with Gasteiger partial charge in [-0.05, 0) is 13.0 Å². The molecule has 1 aromatic heterocycles. The third-order valence-electron chi connectivity index (χ3n) is 2.56. The van der Waals surface area contributed by atoms with Crippen molar-refractivity contribution in [2.75, 3.05) is 6.54 Å². The lowest BCUT2D eigenvalue weighted by molar-refractivity contribution is -0.122. The van der Waals surface area contributed by atoms with Crippen molar-refractivity contribution in [1.29, 1.82) is 0 Å². The Morgan fingerprint density at radius 1 is 1.48 bits per heavy atom. The number of hydrogen-bond donors (Lipinski definition) is 2. The second kappa shape index (κ2) is 6.02. The zero-order chi connectivity index (χ0) is 16.4. The van der Waals surface area contributed by atoms with Gasteiger partial charge in [0.25, 0.3) is 0 Å². The summed E-state index contributed by atoms with van der Waals surface area (Å²) >= 11 is 0. The number of aromatic carboxylic acids is 1. The molecule has 0 aliphatic heterocycles. The molecule has 0 radical (unpaired) electrons. The first-order valence-electron chi connectivity index (χ1n) is 5.60. The summed E-state index contributed by atoms with van der Waals surface area (Å²) in [5, 5.41) is 8.85. The van der Waals surface area contributed by atoms with Crippen molar-refractivity contribution in [2.24, 2.45) is 0 Å². The molecule has 0 fully saturated rings. The number of alkyl halides is 4. The van der Waals surface area contributed by atoms with Crippen LogP contribution in [0.5, 0.6) is 0 Å². The van der Waals surface area contributed by atoms with Crippen LogP contribution in [-0.2, 0) is 16.6 Å². The highest BCUT2D eigenvalue weighted by atomic mass is 32.2. The molecule has 1 heterocycles. The number of sulfonamides is 1. The Morgan fingerprint density at radius 3 is 2.43 bits per heavy atom. The number of halogens is 4. The Hall–Kier alpha value is -1.62. The number of hydrogen-bond acceptors (Lipinski definition) is 3. The second-order valence-corrected chi connectivity index (χ2v) is 5.81. The molecule has 0 amide bonds. The molecule has 0 aliphatic carbocycles. The SMILES string of the molecule is CCn1cc(S(=O)(=O)NCC(F)(F)C(F)F)cc1C(=O)O. The van der Waals surface area contributed by atoms with Gasteiger partial charge in [-0.3, -0.25) is 0 Å². The van der Waals surface area contributed by atoms with Crippen LogP contribution in [0.15, 0.2) is 17.2 Å². The van der Waals surface area contributed by atoms with Gasteiger partial charge in [-0.15, -0.1) is 0 Å². The van der Waals surface area contributed by atoms with E-state index in [0.29, 0.717) is 0 Å². The van der Waals surface area contributed by atoms with Gasteiger partial charge in [-0.1, -0.05) is 0 Å². The molecule has 2 N–H and O–H groups in total. The highest BCUT2D eigenvalue weighted by molar-refractivity contribution is 7.89. The van der Waals surface area contributed by atoms with Crippen molar-refractivity contribution in [2.45, 2.75) is 30.7 Å². The monoisotopic (exact) mass is 332 g/mol. The fourth-order valence-corrected chi connectivity index (χ4v) is 2.50. The second-order valence-electron chi connectivity index (χ2n) is 4.04. The molecule has 1 rings (SSSR count). The number of carboxylic acid groups (broad SMARTS) is 1. The van der Waals surface area contributed by atoms with Crippen LogP contribution in [0.3, 0.4) is 0 Å². The molecule has 0 aliphatic rings. The van der Waals surface area contributed by atoms with Gasteiger partial charge in [-0.25, -0.2) is 26.7 Å². The third-order valence-corrected chi connectivity index (χ3v) is 3.93. The standard InChI is InChI=1S/C10H12F4N2O4S/c1-2-16-4-6(3-7(16)8(17)18)21(19,20)15-5-10(13,14)9(11)12/h3-4,9,15H,2,5H2,1H3,(H,17,18). The first-order valence-corrected chi connectivity index (χ1v) is 7.08. The molecule has 120 valence electrons. The molecular formula is C10H12F4N2O4S. The van der Waals surface area contributed by atoms with Crippen molar-refractivity contribution in [3.8, 4) is 0 Å². The molecule has 6 nitrogen and oxygen atoms in total. The van der Waals surface area contributed by atoms with E-state index >= 15 is 0 Å².